The fourth-order valence-electron chi connectivity index (χ4n) is 1.78. The van der Waals surface area contributed by atoms with Crippen LogP contribution in [0.2, 0.25) is 0 Å². The first-order valence-electron chi connectivity index (χ1n) is 6.99. The summed E-state index contributed by atoms with van der Waals surface area (Å²) < 4.78 is 31.2. The maximum Gasteiger partial charge on any atom is 0.269 e. The summed E-state index contributed by atoms with van der Waals surface area (Å²) in [5.74, 6) is -0.0606. The SMILES string of the molecule is CCNS(=O)(=O)c1cccc(C(=O)NNc2nccc(OC)n2)c1. The van der Waals surface area contributed by atoms with Gasteiger partial charge in [0.25, 0.3) is 5.91 Å². The molecule has 1 aromatic carbocycles. The van der Waals surface area contributed by atoms with Gasteiger partial charge in [0.05, 0.1) is 12.0 Å². The number of aromatic nitrogens is 2. The van der Waals surface area contributed by atoms with Crippen LogP contribution in [0.3, 0.4) is 0 Å². The molecule has 0 bridgehead atoms. The molecule has 2 aromatic rings. The summed E-state index contributed by atoms with van der Waals surface area (Å²) >= 11 is 0. The molecule has 0 radical (unpaired) electrons. The van der Waals surface area contributed by atoms with E-state index in [1.54, 1.807) is 13.0 Å². The zero-order chi connectivity index (χ0) is 17.6. The Morgan fingerprint density at radius 3 is 2.79 bits per heavy atom. The van der Waals surface area contributed by atoms with Crippen LogP contribution in [0.15, 0.2) is 41.4 Å². The standard InChI is InChI=1S/C14H17N5O4S/c1-3-16-24(21,22)11-6-4-5-10(9-11)13(20)18-19-14-15-8-7-12(17-14)23-2/h4-9,16H,3H2,1-2H3,(H,18,20)(H,15,17,19). The van der Waals surface area contributed by atoms with Crippen LogP contribution >= 0.6 is 0 Å². The largest absolute Gasteiger partial charge is 0.481 e. The van der Waals surface area contributed by atoms with E-state index in [-0.39, 0.29) is 23.0 Å². The number of nitrogens with zero attached hydrogens (tertiary/aromatic N) is 2. The lowest BCUT2D eigenvalue weighted by atomic mass is 10.2. The molecule has 0 atom stereocenters. The minimum Gasteiger partial charge on any atom is -0.481 e. The number of carbonyl (C=O) groups excluding carboxylic acids is 1. The van der Waals surface area contributed by atoms with E-state index >= 15 is 0 Å². The van der Waals surface area contributed by atoms with E-state index in [4.69, 9.17) is 4.74 Å². The van der Waals surface area contributed by atoms with Crippen LogP contribution in [0.1, 0.15) is 17.3 Å². The quantitative estimate of drug-likeness (QED) is 0.622. The Hall–Kier alpha value is -2.72. The molecule has 0 aliphatic carbocycles. The van der Waals surface area contributed by atoms with Crippen molar-refractivity contribution in [3.63, 3.8) is 0 Å². The summed E-state index contributed by atoms with van der Waals surface area (Å²) in [7, 11) is -2.17. The van der Waals surface area contributed by atoms with Crippen LogP contribution < -0.4 is 20.3 Å². The topological polar surface area (TPSA) is 122 Å². The Kier molecular flexibility index (Phi) is 5.66. The predicted octanol–water partition coefficient (Wildman–Crippen LogP) is 0.540. The van der Waals surface area contributed by atoms with Gasteiger partial charge >= 0.3 is 0 Å². The minimum absolute atomic E-state index is 0.00892. The molecule has 0 fully saturated rings. The lowest BCUT2D eigenvalue weighted by molar-refractivity contribution is 0.0962. The van der Waals surface area contributed by atoms with Crippen molar-refractivity contribution in [1.29, 1.82) is 0 Å². The molecule has 1 aromatic heterocycles. The van der Waals surface area contributed by atoms with Gasteiger partial charge in [-0.1, -0.05) is 13.0 Å². The highest BCUT2D eigenvalue weighted by molar-refractivity contribution is 7.89. The molecule has 1 heterocycles. The fourth-order valence-corrected chi connectivity index (χ4v) is 2.87. The van der Waals surface area contributed by atoms with Crippen molar-refractivity contribution < 1.29 is 17.9 Å². The van der Waals surface area contributed by atoms with E-state index in [2.05, 4.69) is 25.5 Å². The molecular weight excluding hydrogens is 334 g/mol. The Bertz CT molecular complexity index is 825. The number of hydrogen-bond acceptors (Lipinski definition) is 7. The highest BCUT2D eigenvalue weighted by Gasteiger charge is 2.15. The number of methoxy groups -OCH3 is 1. The first-order valence-corrected chi connectivity index (χ1v) is 8.47. The number of rotatable bonds is 7. The molecule has 1 amide bonds. The van der Waals surface area contributed by atoms with Crippen molar-refractivity contribution in [2.45, 2.75) is 11.8 Å². The summed E-state index contributed by atoms with van der Waals surface area (Å²) in [6, 6.07) is 7.23. The second-order valence-corrected chi connectivity index (χ2v) is 6.30. The molecule has 2 rings (SSSR count). The molecule has 3 N–H and O–H groups in total. The first-order chi connectivity index (χ1) is 11.5. The van der Waals surface area contributed by atoms with Crippen LogP contribution in [0.5, 0.6) is 5.88 Å². The van der Waals surface area contributed by atoms with Gasteiger partial charge in [-0.3, -0.25) is 15.6 Å². The van der Waals surface area contributed by atoms with Crippen molar-refractivity contribution in [1.82, 2.24) is 20.1 Å². The van der Waals surface area contributed by atoms with E-state index in [9.17, 15) is 13.2 Å². The summed E-state index contributed by atoms with van der Waals surface area (Å²) in [5.41, 5.74) is 5.10. The van der Waals surface area contributed by atoms with E-state index in [0.29, 0.717) is 5.88 Å². The van der Waals surface area contributed by atoms with Gasteiger partial charge in [0.1, 0.15) is 0 Å². The molecule has 10 heteroatoms. The van der Waals surface area contributed by atoms with E-state index in [0.717, 1.165) is 0 Å². The second-order valence-electron chi connectivity index (χ2n) is 4.53. The van der Waals surface area contributed by atoms with E-state index < -0.39 is 15.9 Å². The van der Waals surface area contributed by atoms with Crippen molar-refractivity contribution in [3.8, 4) is 5.88 Å². The van der Waals surface area contributed by atoms with Crippen LogP contribution in [0.25, 0.3) is 0 Å². The smallest absolute Gasteiger partial charge is 0.269 e. The molecule has 128 valence electrons. The van der Waals surface area contributed by atoms with Crippen molar-refractivity contribution >= 4 is 21.9 Å². The molecule has 9 nitrogen and oxygen atoms in total. The molecule has 0 saturated carbocycles. The fraction of sp³-hybridized carbons (Fsp3) is 0.214. The van der Waals surface area contributed by atoms with Crippen molar-refractivity contribution in [2.75, 3.05) is 19.1 Å². The maximum atomic E-state index is 12.1. The van der Waals surface area contributed by atoms with Crippen molar-refractivity contribution in [2.24, 2.45) is 0 Å². The normalized spacial score (nSPS) is 10.9. The predicted molar refractivity (Wildman–Crippen MR) is 87.0 cm³/mol. The summed E-state index contributed by atoms with van der Waals surface area (Å²) in [6.45, 7) is 1.93. The molecule has 0 aliphatic heterocycles. The average Bonchev–Trinajstić information content (AvgIpc) is 2.60. The lowest BCUT2D eigenvalue weighted by Crippen LogP contribution is -2.30. The third-order valence-electron chi connectivity index (χ3n) is 2.87. The van der Waals surface area contributed by atoms with Gasteiger partial charge in [0.15, 0.2) is 0 Å². The monoisotopic (exact) mass is 351 g/mol. The number of amides is 1. The summed E-state index contributed by atoms with van der Waals surface area (Å²) in [5, 5.41) is 0. The van der Waals surface area contributed by atoms with Gasteiger partial charge in [-0.25, -0.2) is 18.1 Å². The van der Waals surface area contributed by atoms with Gasteiger partial charge in [-0.2, -0.15) is 4.98 Å². The van der Waals surface area contributed by atoms with Gasteiger partial charge < -0.3 is 4.74 Å². The number of hydrogen-bond donors (Lipinski definition) is 3. The maximum absolute atomic E-state index is 12.1. The number of hydrazine groups is 1. The number of nitrogens with one attached hydrogen (secondary N) is 3. The van der Waals surface area contributed by atoms with Gasteiger partial charge in [-0.15, -0.1) is 0 Å². The second kappa shape index (κ2) is 7.70. The van der Waals surface area contributed by atoms with Crippen molar-refractivity contribution in [3.05, 3.63) is 42.1 Å². The summed E-state index contributed by atoms with van der Waals surface area (Å²) in [6.07, 6.45) is 1.46. The first kappa shape index (κ1) is 17.6. The van der Waals surface area contributed by atoms with Crippen LogP contribution in [0, 0.1) is 0 Å². The van der Waals surface area contributed by atoms with Crippen LogP contribution in [-0.4, -0.2) is 37.9 Å². The molecule has 0 aliphatic rings. The molecule has 0 unspecified atom stereocenters. The zero-order valence-corrected chi connectivity index (χ0v) is 13.9. The summed E-state index contributed by atoms with van der Waals surface area (Å²) in [4.78, 5) is 20.0. The van der Waals surface area contributed by atoms with Gasteiger partial charge in [-0.05, 0) is 18.2 Å². The third kappa shape index (κ3) is 4.40. The van der Waals surface area contributed by atoms with Crippen LogP contribution in [-0.2, 0) is 10.0 Å². The number of carbonyl (C=O) groups is 1. The Balaban J connectivity index is 2.10. The third-order valence-corrected chi connectivity index (χ3v) is 4.41. The highest BCUT2D eigenvalue weighted by Crippen LogP contribution is 2.12. The minimum atomic E-state index is -3.63. The molecular formula is C14H17N5O4S. The number of ether oxygens (including phenoxy) is 1. The van der Waals surface area contributed by atoms with E-state index in [1.165, 1.54) is 37.6 Å². The molecule has 24 heavy (non-hydrogen) atoms. The number of benzene rings is 1. The van der Waals surface area contributed by atoms with Gasteiger partial charge in [0, 0.05) is 24.4 Å². The van der Waals surface area contributed by atoms with E-state index in [1.807, 2.05) is 0 Å². The number of sulfonamides is 1. The Labute approximate surface area is 139 Å². The average molecular weight is 351 g/mol. The highest BCUT2D eigenvalue weighted by atomic mass is 32.2. The number of anilines is 1. The Morgan fingerprint density at radius 2 is 2.08 bits per heavy atom. The Morgan fingerprint density at radius 1 is 1.29 bits per heavy atom. The van der Waals surface area contributed by atoms with Crippen LogP contribution in [0.4, 0.5) is 5.95 Å². The molecule has 0 saturated heterocycles. The van der Waals surface area contributed by atoms with Gasteiger partial charge in [0.2, 0.25) is 21.9 Å². The zero-order valence-electron chi connectivity index (χ0n) is 13.1. The molecule has 0 spiro atoms. The lowest BCUT2D eigenvalue weighted by Gasteiger charge is -2.09.